The number of urea groups is 1. The first kappa shape index (κ1) is 18.6. The van der Waals surface area contributed by atoms with Crippen LogP contribution in [0.15, 0.2) is 18.2 Å². The average molecular weight is 339 g/mol. The molecule has 1 fully saturated rings. The monoisotopic (exact) mass is 339 g/mol. The summed E-state index contributed by atoms with van der Waals surface area (Å²) in [5.74, 6) is -1.77. The lowest BCUT2D eigenvalue weighted by Gasteiger charge is -2.38. The zero-order chi connectivity index (χ0) is 17.7. The maximum absolute atomic E-state index is 13.2. The lowest BCUT2D eigenvalue weighted by molar-refractivity contribution is 0.112. The van der Waals surface area contributed by atoms with Gasteiger partial charge in [-0.3, -0.25) is 4.90 Å². The maximum atomic E-state index is 13.2. The summed E-state index contributed by atoms with van der Waals surface area (Å²) in [5, 5.41) is 2.92. The normalized spacial score (nSPS) is 19.8. The summed E-state index contributed by atoms with van der Waals surface area (Å²) < 4.78 is 26.2. The molecule has 0 aromatic heterocycles. The predicted molar refractivity (Wildman–Crippen MR) is 90.7 cm³/mol. The summed E-state index contributed by atoms with van der Waals surface area (Å²) in [6, 6.07) is 4.30. The molecule has 0 bridgehead atoms. The molecule has 2 atom stereocenters. The van der Waals surface area contributed by atoms with Gasteiger partial charge in [0.2, 0.25) is 0 Å². The number of amides is 2. The lowest BCUT2D eigenvalue weighted by atomic mass is 10.0. The van der Waals surface area contributed by atoms with Gasteiger partial charge < -0.3 is 10.2 Å². The fraction of sp³-hybridized carbons (Fsp3) is 0.611. The van der Waals surface area contributed by atoms with Crippen LogP contribution in [0.4, 0.5) is 13.6 Å². The maximum Gasteiger partial charge on any atom is 0.317 e. The van der Waals surface area contributed by atoms with E-state index in [2.05, 4.69) is 24.1 Å². The molecule has 2 amide bonds. The Hall–Kier alpha value is -1.69. The van der Waals surface area contributed by atoms with E-state index in [9.17, 15) is 13.6 Å². The second-order valence-corrected chi connectivity index (χ2v) is 6.72. The summed E-state index contributed by atoms with van der Waals surface area (Å²) in [4.78, 5) is 16.1. The van der Waals surface area contributed by atoms with E-state index in [4.69, 9.17) is 0 Å². The van der Waals surface area contributed by atoms with E-state index in [0.29, 0.717) is 18.2 Å². The van der Waals surface area contributed by atoms with Crippen LogP contribution in [0.1, 0.15) is 38.7 Å². The fourth-order valence-electron chi connectivity index (χ4n) is 3.25. The molecule has 0 spiro atoms. The minimum atomic E-state index is -0.894. The Labute approximate surface area is 142 Å². The van der Waals surface area contributed by atoms with Crippen molar-refractivity contribution in [2.24, 2.45) is 0 Å². The molecule has 2 rings (SSSR count). The van der Waals surface area contributed by atoms with Gasteiger partial charge in [-0.05, 0) is 50.9 Å². The van der Waals surface area contributed by atoms with Crippen LogP contribution >= 0.6 is 0 Å². The molecular weight excluding hydrogens is 312 g/mol. The number of carbonyl (C=O) groups is 1. The molecule has 1 aromatic rings. The van der Waals surface area contributed by atoms with E-state index in [1.165, 1.54) is 30.2 Å². The molecule has 4 nitrogen and oxygen atoms in total. The molecule has 1 aromatic carbocycles. The number of likely N-dealkylation sites (tertiary alicyclic amines) is 1. The molecule has 0 saturated carbocycles. The van der Waals surface area contributed by atoms with E-state index < -0.39 is 11.6 Å². The molecule has 1 aliphatic rings. The lowest BCUT2D eigenvalue weighted by Crippen LogP contribution is -2.50. The van der Waals surface area contributed by atoms with Crippen LogP contribution in [0.2, 0.25) is 0 Å². The largest absolute Gasteiger partial charge is 0.336 e. The van der Waals surface area contributed by atoms with Crippen LogP contribution in [0.5, 0.6) is 0 Å². The van der Waals surface area contributed by atoms with Gasteiger partial charge in [-0.1, -0.05) is 12.5 Å². The van der Waals surface area contributed by atoms with Crippen LogP contribution in [-0.4, -0.2) is 48.1 Å². The van der Waals surface area contributed by atoms with Crippen LogP contribution in [-0.2, 0) is 6.54 Å². The molecule has 24 heavy (non-hydrogen) atoms. The van der Waals surface area contributed by atoms with Gasteiger partial charge in [-0.25, -0.2) is 13.6 Å². The Balaban J connectivity index is 1.81. The third-order valence-corrected chi connectivity index (χ3v) is 4.72. The third-order valence-electron chi connectivity index (χ3n) is 4.72. The first-order chi connectivity index (χ1) is 11.4. The first-order valence-corrected chi connectivity index (χ1v) is 8.57. The topological polar surface area (TPSA) is 35.6 Å². The minimum absolute atomic E-state index is 0.212. The number of benzene rings is 1. The van der Waals surface area contributed by atoms with Crippen molar-refractivity contribution in [3.63, 3.8) is 0 Å². The van der Waals surface area contributed by atoms with Crippen molar-refractivity contribution in [2.75, 3.05) is 20.1 Å². The van der Waals surface area contributed by atoms with E-state index in [1.807, 2.05) is 0 Å². The van der Waals surface area contributed by atoms with Crippen molar-refractivity contribution in [1.82, 2.24) is 15.1 Å². The highest BCUT2D eigenvalue weighted by molar-refractivity contribution is 5.73. The summed E-state index contributed by atoms with van der Waals surface area (Å²) >= 11 is 0. The van der Waals surface area contributed by atoms with Gasteiger partial charge in [0, 0.05) is 32.2 Å². The number of piperidine rings is 1. The Kier molecular flexibility index (Phi) is 6.54. The van der Waals surface area contributed by atoms with Gasteiger partial charge in [0.05, 0.1) is 0 Å². The fourth-order valence-corrected chi connectivity index (χ4v) is 3.25. The molecule has 2 unspecified atom stereocenters. The highest BCUT2D eigenvalue weighted by Gasteiger charge is 2.23. The standard InChI is InChI=1S/C18H27F2N3O/c1-13-6-4-5-9-23(13)14(2)11-21-18(24)22(3)12-15-7-8-16(19)17(20)10-15/h7-8,10,13-14H,4-6,9,11-12H2,1-3H3,(H,21,24). The number of carbonyl (C=O) groups excluding carboxylic acids is 1. The zero-order valence-corrected chi connectivity index (χ0v) is 14.7. The molecule has 134 valence electrons. The van der Waals surface area contributed by atoms with Gasteiger partial charge >= 0.3 is 6.03 Å². The van der Waals surface area contributed by atoms with Gasteiger partial charge in [-0.15, -0.1) is 0 Å². The number of nitrogens with one attached hydrogen (secondary N) is 1. The van der Waals surface area contributed by atoms with Crippen molar-refractivity contribution < 1.29 is 13.6 Å². The highest BCUT2D eigenvalue weighted by atomic mass is 19.2. The van der Waals surface area contributed by atoms with Gasteiger partial charge in [-0.2, -0.15) is 0 Å². The van der Waals surface area contributed by atoms with Gasteiger partial charge in [0.1, 0.15) is 0 Å². The zero-order valence-electron chi connectivity index (χ0n) is 14.7. The van der Waals surface area contributed by atoms with E-state index in [1.54, 1.807) is 7.05 Å². The van der Waals surface area contributed by atoms with Gasteiger partial charge in [0.15, 0.2) is 11.6 Å². The Morgan fingerprint density at radius 2 is 2.12 bits per heavy atom. The molecule has 1 heterocycles. The van der Waals surface area contributed by atoms with Crippen molar-refractivity contribution in [2.45, 2.75) is 51.7 Å². The first-order valence-electron chi connectivity index (χ1n) is 8.57. The average Bonchev–Trinajstić information content (AvgIpc) is 2.56. The summed E-state index contributed by atoms with van der Waals surface area (Å²) in [6.07, 6.45) is 3.68. The molecule has 1 saturated heterocycles. The third kappa shape index (κ3) is 4.90. The van der Waals surface area contributed by atoms with Crippen molar-refractivity contribution >= 4 is 6.03 Å². The minimum Gasteiger partial charge on any atom is -0.336 e. The summed E-state index contributed by atoms with van der Waals surface area (Å²) in [6.45, 7) is 6.23. The van der Waals surface area contributed by atoms with E-state index in [-0.39, 0.29) is 18.6 Å². The van der Waals surface area contributed by atoms with Crippen molar-refractivity contribution in [3.8, 4) is 0 Å². The smallest absolute Gasteiger partial charge is 0.317 e. The molecule has 1 aliphatic heterocycles. The van der Waals surface area contributed by atoms with Crippen LogP contribution in [0, 0.1) is 11.6 Å². The summed E-state index contributed by atoms with van der Waals surface area (Å²) in [7, 11) is 1.64. The van der Waals surface area contributed by atoms with Gasteiger partial charge in [0.25, 0.3) is 0 Å². The molecular formula is C18H27F2N3O. The Morgan fingerprint density at radius 1 is 1.38 bits per heavy atom. The second-order valence-electron chi connectivity index (χ2n) is 6.72. The number of hydrogen-bond acceptors (Lipinski definition) is 2. The SMILES string of the molecule is CC1CCCCN1C(C)CNC(=O)N(C)Cc1ccc(F)c(F)c1. The molecule has 0 radical (unpaired) electrons. The second kappa shape index (κ2) is 8.42. The molecule has 6 heteroatoms. The molecule has 0 aliphatic carbocycles. The quantitative estimate of drug-likeness (QED) is 0.893. The van der Waals surface area contributed by atoms with E-state index in [0.717, 1.165) is 18.7 Å². The number of halogens is 2. The number of hydrogen-bond donors (Lipinski definition) is 1. The van der Waals surface area contributed by atoms with Crippen molar-refractivity contribution in [1.29, 1.82) is 0 Å². The Bertz CT molecular complexity index is 567. The van der Waals surface area contributed by atoms with Crippen LogP contribution in [0.25, 0.3) is 0 Å². The Morgan fingerprint density at radius 3 is 2.79 bits per heavy atom. The van der Waals surface area contributed by atoms with Crippen LogP contribution in [0.3, 0.4) is 0 Å². The number of nitrogens with zero attached hydrogens (tertiary/aromatic N) is 2. The van der Waals surface area contributed by atoms with Crippen LogP contribution < -0.4 is 5.32 Å². The number of rotatable bonds is 5. The van der Waals surface area contributed by atoms with E-state index >= 15 is 0 Å². The highest BCUT2D eigenvalue weighted by Crippen LogP contribution is 2.18. The predicted octanol–water partition coefficient (Wildman–Crippen LogP) is 3.37. The molecule has 1 N–H and O–H groups in total. The summed E-state index contributed by atoms with van der Waals surface area (Å²) in [5.41, 5.74) is 0.559. The van der Waals surface area contributed by atoms with Crippen molar-refractivity contribution in [3.05, 3.63) is 35.4 Å².